The van der Waals surface area contributed by atoms with Gasteiger partial charge in [0.05, 0.1) is 16.4 Å². The lowest BCUT2D eigenvalue weighted by Crippen LogP contribution is -2.36. The average Bonchev–Trinajstić information content (AvgIpc) is 2.68. The number of fused-ring (bicyclic) bond motifs is 1. The van der Waals surface area contributed by atoms with Crippen LogP contribution in [-0.4, -0.2) is 43.2 Å². The molecule has 0 atom stereocenters. The molecular weight excluding hydrogens is 386 g/mol. The summed E-state index contributed by atoms with van der Waals surface area (Å²) >= 11 is 6.17. The summed E-state index contributed by atoms with van der Waals surface area (Å²) in [6, 6.07) is 8.07. The van der Waals surface area contributed by atoms with Gasteiger partial charge in [-0.2, -0.15) is 4.31 Å². The maximum atomic E-state index is 13.1. The summed E-state index contributed by atoms with van der Waals surface area (Å²) in [4.78, 5) is 19.1. The van der Waals surface area contributed by atoms with Gasteiger partial charge in [0.25, 0.3) is 5.91 Å². The molecule has 0 N–H and O–H groups in total. The molecule has 27 heavy (non-hydrogen) atoms. The van der Waals surface area contributed by atoms with E-state index in [1.165, 1.54) is 16.4 Å². The fraction of sp³-hybridized carbons (Fsp3) is 0.368. The van der Waals surface area contributed by atoms with Crippen LogP contribution in [0.25, 0.3) is 0 Å². The minimum Gasteiger partial charge on any atom is -0.307 e. The standard InChI is InChI=1S/C19H22ClN3O3S/c1-3-22(4-2)27(25,26)18-13-14(9-10-15(18)20)19(24)23-12-6-7-16-17(23)8-5-11-21-16/h5,8-11,13H,3-4,6-7,12H2,1-2H3. The lowest BCUT2D eigenvalue weighted by Gasteiger charge is -2.29. The molecule has 0 fully saturated rings. The third kappa shape index (κ3) is 3.72. The van der Waals surface area contributed by atoms with Crippen molar-refractivity contribution in [3.63, 3.8) is 0 Å². The molecule has 0 bridgehead atoms. The van der Waals surface area contributed by atoms with Crippen LogP contribution in [0.1, 0.15) is 36.3 Å². The van der Waals surface area contributed by atoms with Gasteiger partial charge in [0.2, 0.25) is 10.0 Å². The van der Waals surface area contributed by atoms with Gasteiger partial charge >= 0.3 is 0 Å². The van der Waals surface area contributed by atoms with Crippen molar-refractivity contribution in [2.24, 2.45) is 0 Å². The van der Waals surface area contributed by atoms with Crippen LogP contribution >= 0.6 is 11.6 Å². The van der Waals surface area contributed by atoms with Gasteiger partial charge in [0.15, 0.2) is 0 Å². The van der Waals surface area contributed by atoms with Gasteiger partial charge in [-0.25, -0.2) is 8.42 Å². The highest BCUT2D eigenvalue weighted by atomic mass is 35.5. The van der Waals surface area contributed by atoms with Crippen LogP contribution in [0.4, 0.5) is 5.69 Å². The summed E-state index contributed by atoms with van der Waals surface area (Å²) in [6.45, 7) is 4.76. The van der Waals surface area contributed by atoms with Crippen molar-refractivity contribution < 1.29 is 13.2 Å². The molecule has 3 rings (SSSR count). The molecule has 0 saturated carbocycles. The zero-order valence-corrected chi connectivity index (χ0v) is 16.9. The first-order chi connectivity index (χ1) is 12.9. The number of benzene rings is 1. The molecule has 1 aromatic carbocycles. The quantitative estimate of drug-likeness (QED) is 0.761. The van der Waals surface area contributed by atoms with Gasteiger partial charge in [-0.05, 0) is 43.2 Å². The van der Waals surface area contributed by atoms with Crippen molar-refractivity contribution in [2.75, 3.05) is 24.5 Å². The first-order valence-corrected chi connectivity index (χ1v) is 10.8. The highest BCUT2D eigenvalue weighted by Gasteiger charge is 2.28. The molecule has 0 radical (unpaired) electrons. The first-order valence-electron chi connectivity index (χ1n) is 8.95. The maximum absolute atomic E-state index is 13.1. The molecule has 0 unspecified atom stereocenters. The number of sulfonamides is 1. The van der Waals surface area contributed by atoms with Gasteiger partial charge < -0.3 is 4.90 Å². The van der Waals surface area contributed by atoms with Crippen molar-refractivity contribution in [1.29, 1.82) is 0 Å². The lowest BCUT2D eigenvalue weighted by atomic mass is 10.1. The fourth-order valence-corrected chi connectivity index (χ4v) is 5.25. The van der Waals surface area contributed by atoms with Crippen LogP contribution in [0.15, 0.2) is 41.4 Å². The van der Waals surface area contributed by atoms with E-state index in [0.29, 0.717) is 25.2 Å². The Morgan fingerprint density at radius 2 is 2.00 bits per heavy atom. The molecular formula is C19H22ClN3O3S. The SMILES string of the molecule is CCN(CC)S(=O)(=O)c1cc(C(=O)N2CCCc3ncccc32)ccc1Cl. The number of amides is 1. The second kappa shape index (κ2) is 7.96. The third-order valence-corrected chi connectivity index (χ3v) is 7.23. The Kier molecular flexibility index (Phi) is 5.83. The molecule has 0 saturated heterocycles. The second-order valence-electron chi connectivity index (χ2n) is 6.26. The normalized spacial score (nSPS) is 14.3. The molecule has 2 heterocycles. The number of pyridine rings is 1. The summed E-state index contributed by atoms with van der Waals surface area (Å²) in [5, 5.41) is 0.110. The number of anilines is 1. The second-order valence-corrected chi connectivity index (χ2v) is 8.58. The molecule has 0 aliphatic carbocycles. The number of nitrogens with zero attached hydrogens (tertiary/aromatic N) is 3. The van der Waals surface area contributed by atoms with Crippen LogP contribution in [0, 0.1) is 0 Å². The largest absolute Gasteiger partial charge is 0.307 e. The Balaban J connectivity index is 2.01. The number of halogens is 1. The van der Waals surface area contributed by atoms with E-state index in [9.17, 15) is 13.2 Å². The van der Waals surface area contributed by atoms with E-state index in [0.717, 1.165) is 24.2 Å². The summed E-state index contributed by atoms with van der Waals surface area (Å²) in [7, 11) is -3.76. The molecule has 8 heteroatoms. The smallest absolute Gasteiger partial charge is 0.258 e. The zero-order chi connectivity index (χ0) is 19.6. The Labute approximate surface area is 164 Å². The van der Waals surface area contributed by atoms with Crippen LogP contribution in [0.5, 0.6) is 0 Å². The molecule has 6 nitrogen and oxygen atoms in total. The van der Waals surface area contributed by atoms with E-state index in [4.69, 9.17) is 11.6 Å². The predicted molar refractivity (Wildman–Crippen MR) is 106 cm³/mol. The molecule has 1 amide bonds. The number of carbonyl (C=O) groups is 1. The summed E-state index contributed by atoms with van der Waals surface area (Å²) in [6.07, 6.45) is 3.35. The summed E-state index contributed by atoms with van der Waals surface area (Å²) < 4.78 is 27.1. The maximum Gasteiger partial charge on any atom is 0.258 e. The Morgan fingerprint density at radius 3 is 2.70 bits per heavy atom. The van der Waals surface area contributed by atoms with E-state index in [1.807, 2.05) is 6.07 Å². The minimum atomic E-state index is -3.76. The molecule has 1 aliphatic rings. The topological polar surface area (TPSA) is 70.6 Å². The number of hydrogen-bond acceptors (Lipinski definition) is 4. The van der Waals surface area contributed by atoms with Crippen LogP contribution < -0.4 is 4.90 Å². The van der Waals surface area contributed by atoms with Crippen molar-refractivity contribution in [2.45, 2.75) is 31.6 Å². The van der Waals surface area contributed by atoms with E-state index >= 15 is 0 Å². The molecule has 144 valence electrons. The van der Waals surface area contributed by atoms with Crippen LogP contribution in [0.2, 0.25) is 5.02 Å². The van der Waals surface area contributed by atoms with Gasteiger partial charge in [-0.15, -0.1) is 0 Å². The highest BCUT2D eigenvalue weighted by Crippen LogP contribution is 2.29. The third-order valence-electron chi connectivity index (χ3n) is 4.70. The van der Waals surface area contributed by atoms with Gasteiger partial charge in [0.1, 0.15) is 4.90 Å². The first kappa shape index (κ1) is 19.8. The number of hydrogen-bond donors (Lipinski definition) is 0. The molecule has 2 aromatic rings. The summed E-state index contributed by atoms with van der Waals surface area (Å²) in [5.74, 6) is -0.253. The number of rotatable bonds is 5. The van der Waals surface area contributed by atoms with Crippen molar-refractivity contribution in [3.8, 4) is 0 Å². The minimum absolute atomic E-state index is 0.0397. The van der Waals surface area contributed by atoms with E-state index in [1.54, 1.807) is 37.1 Å². The number of aromatic nitrogens is 1. The Hall–Kier alpha value is -1.96. The molecule has 0 spiro atoms. The van der Waals surface area contributed by atoms with E-state index in [-0.39, 0.29) is 15.8 Å². The highest BCUT2D eigenvalue weighted by molar-refractivity contribution is 7.89. The van der Waals surface area contributed by atoms with Crippen molar-refractivity contribution >= 4 is 33.2 Å². The predicted octanol–water partition coefficient (Wildman–Crippen LogP) is 3.36. The zero-order valence-electron chi connectivity index (χ0n) is 15.4. The number of aryl methyl sites for hydroxylation is 1. The van der Waals surface area contributed by atoms with Gasteiger partial charge in [-0.1, -0.05) is 25.4 Å². The summed E-state index contributed by atoms with van der Waals surface area (Å²) in [5.41, 5.74) is 1.95. The van der Waals surface area contributed by atoms with Crippen molar-refractivity contribution in [1.82, 2.24) is 9.29 Å². The van der Waals surface area contributed by atoms with Crippen molar-refractivity contribution in [3.05, 3.63) is 52.8 Å². The van der Waals surface area contributed by atoms with Crippen LogP contribution in [0.3, 0.4) is 0 Å². The number of carbonyl (C=O) groups excluding carboxylic acids is 1. The fourth-order valence-electron chi connectivity index (χ4n) is 3.30. The average molecular weight is 408 g/mol. The Bertz CT molecular complexity index is 958. The lowest BCUT2D eigenvalue weighted by molar-refractivity contribution is 0.0984. The van der Waals surface area contributed by atoms with E-state index < -0.39 is 10.0 Å². The Morgan fingerprint density at radius 1 is 1.26 bits per heavy atom. The van der Waals surface area contributed by atoms with Gasteiger partial charge in [-0.3, -0.25) is 9.78 Å². The van der Waals surface area contributed by atoms with Crippen LogP contribution in [-0.2, 0) is 16.4 Å². The van der Waals surface area contributed by atoms with E-state index in [2.05, 4.69) is 4.98 Å². The molecule has 1 aromatic heterocycles. The van der Waals surface area contributed by atoms with Gasteiger partial charge in [0, 0.05) is 31.4 Å². The molecule has 1 aliphatic heterocycles. The monoisotopic (exact) mass is 407 g/mol.